The third kappa shape index (κ3) is 4.34. The van der Waals surface area contributed by atoms with Crippen molar-refractivity contribution in [3.63, 3.8) is 0 Å². The summed E-state index contributed by atoms with van der Waals surface area (Å²) in [5.74, 6) is 0.549. The molecule has 2 heterocycles. The number of benzene rings is 1. The third-order valence-corrected chi connectivity index (χ3v) is 5.10. The van der Waals surface area contributed by atoms with Gasteiger partial charge in [-0.05, 0) is 57.4 Å². The van der Waals surface area contributed by atoms with Gasteiger partial charge >= 0.3 is 6.01 Å². The van der Waals surface area contributed by atoms with Crippen molar-refractivity contribution < 1.29 is 28.8 Å². The molecule has 2 aromatic rings. The van der Waals surface area contributed by atoms with E-state index < -0.39 is 11.2 Å². The van der Waals surface area contributed by atoms with E-state index in [0.717, 1.165) is 5.56 Å². The van der Waals surface area contributed by atoms with E-state index in [2.05, 4.69) is 9.97 Å². The molecule has 1 N–H and O–H groups in total. The van der Waals surface area contributed by atoms with E-state index in [9.17, 15) is 9.90 Å². The number of ether oxygens (including phenoxy) is 4. The van der Waals surface area contributed by atoms with Gasteiger partial charge < -0.3 is 24.1 Å². The zero-order valence-corrected chi connectivity index (χ0v) is 18.9. The Bertz CT molecular complexity index is 1020. The Balaban J connectivity index is 2.11. The molecular weight excluding hydrogens is 400 g/mol. The number of carbonyl (C=O) groups excluding carboxylic acids is 1. The second-order valence-corrected chi connectivity index (χ2v) is 8.19. The van der Waals surface area contributed by atoms with Gasteiger partial charge in [0.05, 0.1) is 25.9 Å². The SMILES string of the molecule is CCc1ccc(Oc2cc(OC)nc(OC)n2)cc1C1=C(O)C(C)(C)OC(C)(C)C1=O. The minimum absolute atomic E-state index is 0.100. The van der Waals surface area contributed by atoms with Gasteiger partial charge in [-0.2, -0.15) is 9.97 Å². The average Bonchev–Trinajstić information content (AvgIpc) is 2.72. The predicted molar refractivity (Wildman–Crippen MR) is 115 cm³/mol. The van der Waals surface area contributed by atoms with Crippen LogP contribution in [0.15, 0.2) is 30.0 Å². The fourth-order valence-electron chi connectivity index (χ4n) is 3.60. The van der Waals surface area contributed by atoms with Gasteiger partial charge in [0.25, 0.3) is 0 Å². The number of aliphatic hydroxyl groups excluding tert-OH is 1. The van der Waals surface area contributed by atoms with Crippen LogP contribution in [0.25, 0.3) is 5.57 Å². The van der Waals surface area contributed by atoms with E-state index in [1.54, 1.807) is 39.8 Å². The van der Waals surface area contributed by atoms with Crippen LogP contribution in [-0.2, 0) is 16.0 Å². The van der Waals surface area contributed by atoms with Crippen molar-refractivity contribution in [2.24, 2.45) is 0 Å². The maximum atomic E-state index is 13.2. The van der Waals surface area contributed by atoms with Gasteiger partial charge in [0.2, 0.25) is 11.8 Å². The number of aromatic nitrogens is 2. The Kier molecular flexibility index (Phi) is 5.96. The molecule has 31 heavy (non-hydrogen) atoms. The highest BCUT2D eigenvalue weighted by molar-refractivity contribution is 6.26. The molecule has 1 aliphatic heterocycles. The molecule has 8 nitrogen and oxygen atoms in total. The Morgan fingerprint density at radius 2 is 1.68 bits per heavy atom. The summed E-state index contributed by atoms with van der Waals surface area (Å²) >= 11 is 0. The largest absolute Gasteiger partial charge is 0.508 e. The lowest BCUT2D eigenvalue weighted by molar-refractivity contribution is -0.158. The number of aryl methyl sites for hydroxylation is 1. The molecular formula is C23H28N2O6. The Labute approximate surface area is 181 Å². The van der Waals surface area contributed by atoms with Crippen LogP contribution >= 0.6 is 0 Å². The molecule has 1 aromatic carbocycles. The highest BCUT2D eigenvalue weighted by Gasteiger charge is 2.47. The maximum Gasteiger partial charge on any atom is 0.322 e. The third-order valence-electron chi connectivity index (χ3n) is 5.10. The molecule has 0 atom stereocenters. The minimum atomic E-state index is -1.08. The molecule has 0 amide bonds. The van der Waals surface area contributed by atoms with Crippen LogP contribution in [-0.4, -0.2) is 46.3 Å². The van der Waals surface area contributed by atoms with Gasteiger partial charge in [-0.15, -0.1) is 0 Å². The standard InChI is InChI=1S/C23H28N2O6/c1-8-13-9-10-14(30-17-12-16(28-6)24-21(25-17)29-7)11-15(13)18-19(26)22(2,3)31-23(4,5)20(18)27/h9-12,26H,8H2,1-7H3. The Morgan fingerprint density at radius 3 is 2.29 bits per heavy atom. The van der Waals surface area contributed by atoms with Crippen LogP contribution < -0.4 is 14.2 Å². The first kappa shape index (κ1) is 22.6. The Morgan fingerprint density at radius 1 is 1.00 bits per heavy atom. The van der Waals surface area contributed by atoms with Crippen molar-refractivity contribution in [1.29, 1.82) is 0 Å². The van der Waals surface area contributed by atoms with Gasteiger partial charge in [0.15, 0.2) is 5.78 Å². The second kappa shape index (κ2) is 8.19. The second-order valence-electron chi connectivity index (χ2n) is 8.19. The van der Waals surface area contributed by atoms with Gasteiger partial charge in [-0.25, -0.2) is 0 Å². The highest BCUT2D eigenvalue weighted by atomic mass is 16.5. The molecule has 0 saturated carbocycles. The first-order valence-corrected chi connectivity index (χ1v) is 9.99. The average molecular weight is 428 g/mol. The summed E-state index contributed by atoms with van der Waals surface area (Å²) in [4.78, 5) is 21.4. The first-order chi connectivity index (χ1) is 14.5. The molecule has 0 unspecified atom stereocenters. The fourth-order valence-corrected chi connectivity index (χ4v) is 3.60. The highest BCUT2D eigenvalue weighted by Crippen LogP contribution is 2.42. The number of methoxy groups -OCH3 is 2. The van der Waals surface area contributed by atoms with Gasteiger partial charge in [0.1, 0.15) is 22.7 Å². The molecule has 8 heteroatoms. The van der Waals surface area contributed by atoms with E-state index in [-0.39, 0.29) is 34.9 Å². The van der Waals surface area contributed by atoms with Crippen LogP contribution in [0.1, 0.15) is 45.7 Å². The normalized spacial score (nSPS) is 17.5. The fraction of sp³-hybridized carbons (Fsp3) is 0.435. The van der Waals surface area contributed by atoms with Crippen LogP contribution in [0.5, 0.6) is 23.5 Å². The van der Waals surface area contributed by atoms with Crippen LogP contribution in [0.4, 0.5) is 0 Å². The molecule has 0 bridgehead atoms. The minimum Gasteiger partial charge on any atom is -0.508 e. The summed E-state index contributed by atoms with van der Waals surface area (Å²) in [5.41, 5.74) is -0.363. The molecule has 166 valence electrons. The van der Waals surface area contributed by atoms with Gasteiger partial charge in [-0.3, -0.25) is 4.79 Å². The zero-order valence-electron chi connectivity index (χ0n) is 18.9. The van der Waals surface area contributed by atoms with Crippen molar-refractivity contribution in [3.8, 4) is 23.5 Å². The molecule has 0 saturated heterocycles. The zero-order chi connectivity index (χ0) is 23.0. The molecule has 1 aromatic heterocycles. The smallest absolute Gasteiger partial charge is 0.322 e. The van der Waals surface area contributed by atoms with Gasteiger partial charge in [-0.1, -0.05) is 13.0 Å². The molecule has 0 fully saturated rings. The number of ketones is 1. The number of Topliss-reactive ketones (excluding diaryl/α,β-unsaturated/α-hetero) is 1. The summed E-state index contributed by atoms with van der Waals surface area (Å²) in [6.07, 6.45) is 0.663. The van der Waals surface area contributed by atoms with Crippen molar-refractivity contribution in [3.05, 3.63) is 41.2 Å². The summed E-state index contributed by atoms with van der Waals surface area (Å²) < 4.78 is 22.0. The van der Waals surface area contributed by atoms with Crippen molar-refractivity contribution >= 4 is 11.4 Å². The number of hydrogen-bond donors (Lipinski definition) is 1. The number of nitrogens with zero attached hydrogens (tertiary/aromatic N) is 2. The van der Waals surface area contributed by atoms with E-state index in [1.807, 2.05) is 13.0 Å². The lowest BCUT2D eigenvalue weighted by Gasteiger charge is -2.40. The van der Waals surface area contributed by atoms with E-state index >= 15 is 0 Å². The molecule has 1 aliphatic rings. The van der Waals surface area contributed by atoms with Crippen LogP contribution in [0.3, 0.4) is 0 Å². The van der Waals surface area contributed by atoms with E-state index in [0.29, 0.717) is 17.7 Å². The quantitative estimate of drug-likeness (QED) is 0.728. The lowest BCUT2D eigenvalue weighted by Crippen LogP contribution is -2.49. The van der Waals surface area contributed by atoms with Crippen LogP contribution in [0, 0.1) is 0 Å². The molecule has 3 rings (SSSR count). The van der Waals surface area contributed by atoms with Gasteiger partial charge in [0, 0.05) is 0 Å². The Hall–Kier alpha value is -3.13. The van der Waals surface area contributed by atoms with Crippen molar-refractivity contribution in [1.82, 2.24) is 9.97 Å². The van der Waals surface area contributed by atoms with Crippen molar-refractivity contribution in [2.75, 3.05) is 14.2 Å². The number of aliphatic hydroxyl groups is 1. The lowest BCUT2D eigenvalue weighted by atomic mass is 9.81. The maximum absolute atomic E-state index is 13.2. The van der Waals surface area contributed by atoms with E-state index in [1.165, 1.54) is 20.3 Å². The summed E-state index contributed by atoms with van der Waals surface area (Å²) in [7, 11) is 2.93. The number of hydrogen-bond acceptors (Lipinski definition) is 8. The first-order valence-electron chi connectivity index (χ1n) is 9.99. The summed E-state index contributed by atoms with van der Waals surface area (Å²) in [6.45, 7) is 8.87. The summed E-state index contributed by atoms with van der Waals surface area (Å²) in [6, 6.07) is 6.99. The number of carbonyl (C=O) groups is 1. The molecule has 0 spiro atoms. The molecule has 0 radical (unpaired) electrons. The van der Waals surface area contributed by atoms with Crippen LogP contribution in [0.2, 0.25) is 0 Å². The predicted octanol–water partition coefficient (Wildman–Crippen LogP) is 4.27. The monoisotopic (exact) mass is 428 g/mol. The summed E-state index contributed by atoms with van der Waals surface area (Å²) in [5, 5.41) is 10.9. The van der Waals surface area contributed by atoms with Crippen molar-refractivity contribution in [2.45, 2.75) is 52.2 Å². The topological polar surface area (TPSA) is 100 Å². The van der Waals surface area contributed by atoms with E-state index in [4.69, 9.17) is 18.9 Å². The number of rotatable bonds is 6. The molecule has 0 aliphatic carbocycles.